The molecule has 0 N–H and O–H groups in total. The van der Waals surface area contributed by atoms with Crippen molar-refractivity contribution in [2.24, 2.45) is 0 Å². The molecule has 2 nitrogen and oxygen atoms in total. The Morgan fingerprint density at radius 2 is 1.67 bits per heavy atom. The molecule has 1 aromatic rings. The van der Waals surface area contributed by atoms with Crippen LogP contribution in [0.15, 0.2) is 24.3 Å². The zero-order chi connectivity index (χ0) is 14.0. The molecular weight excluding hydrogens is 259 g/mol. The fourth-order valence-electron chi connectivity index (χ4n) is 1.26. The predicted molar refractivity (Wildman–Crippen MR) is 52.5 cm³/mol. The molecular formula is C11H9F5O2. The summed E-state index contributed by atoms with van der Waals surface area (Å²) >= 11 is 0. The summed E-state index contributed by atoms with van der Waals surface area (Å²) in [4.78, 5) is 10.7. The average Bonchev–Trinajstić information content (AvgIpc) is 2.26. The molecule has 7 heteroatoms. The standard InChI is InChI=1S/C11H9F5O2/c1-10(6-17,9(12)13)7-2-4-8(5-3-7)18-11(14,15)16/h2-6,9H,1H3. The van der Waals surface area contributed by atoms with E-state index in [1.54, 1.807) is 0 Å². The lowest BCUT2D eigenvalue weighted by Gasteiger charge is -2.22. The second-order valence-corrected chi connectivity index (χ2v) is 3.77. The molecule has 1 aromatic carbocycles. The summed E-state index contributed by atoms with van der Waals surface area (Å²) in [5.74, 6) is -0.534. The zero-order valence-electron chi connectivity index (χ0n) is 9.17. The Kier molecular flexibility index (Phi) is 3.93. The smallest absolute Gasteiger partial charge is 0.406 e. The SMILES string of the molecule is CC(C=O)(c1ccc(OC(F)(F)F)cc1)C(F)F. The topological polar surface area (TPSA) is 26.3 Å². The first-order chi connectivity index (χ1) is 8.19. The van der Waals surface area contributed by atoms with Gasteiger partial charge in [-0.25, -0.2) is 8.78 Å². The number of hydrogen-bond donors (Lipinski definition) is 0. The van der Waals surface area contributed by atoms with E-state index in [1.165, 1.54) is 0 Å². The van der Waals surface area contributed by atoms with Crippen LogP contribution >= 0.6 is 0 Å². The van der Waals surface area contributed by atoms with E-state index in [0.29, 0.717) is 0 Å². The molecule has 0 fully saturated rings. The van der Waals surface area contributed by atoms with Crippen LogP contribution < -0.4 is 4.74 Å². The molecule has 0 amide bonds. The maximum atomic E-state index is 12.7. The van der Waals surface area contributed by atoms with Crippen LogP contribution in [0.4, 0.5) is 22.0 Å². The van der Waals surface area contributed by atoms with Crippen molar-refractivity contribution in [1.29, 1.82) is 0 Å². The highest BCUT2D eigenvalue weighted by atomic mass is 19.4. The van der Waals surface area contributed by atoms with Crippen LogP contribution in [0.3, 0.4) is 0 Å². The quantitative estimate of drug-likeness (QED) is 0.618. The Balaban J connectivity index is 2.99. The zero-order valence-corrected chi connectivity index (χ0v) is 9.17. The first-order valence-corrected chi connectivity index (χ1v) is 4.80. The van der Waals surface area contributed by atoms with Crippen molar-refractivity contribution in [2.45, 2.75) is 25.1 Å². The Labute approximate surface area is 99.4 Å². The molecule has 0 aliphatic heterocycles. The van der Waals surface area contributed by atoms with Gasteiger partial charge in [0.25, 0.3) is 6.43 Å². The second kappa shape index (κ2) is 4.91. The molecule has 0 aliphatic rings. The van der Waals surface area contributed by atoms with Crippen molar-refractivity contribution in [3.05, 3.63) is 29.8 Å². The highest BCUT2D eigenvalue weighted by Gasteiger charge is 2.37. The summed E-state index contributed by atoms with van der Waals surface area (Å²) in [6.07, 6.45) is -7.74. The number of halogens is 5. The summed E-state index contributed by atoms with van der Waals surface area (Å²) in [6.45, 7) is 1.00. The third-order valence-electron chi connectivity index (χ3n) is 2.41. The van der Waals surface area contributed by atoms with Crippen LogP contribution in [0.5, 0.6) is 5.75 Å². The summed E-state index contributed by atoms with van der Waals surface area (Å²) in [5.41, 5.74) is -2.13. The van der Waals surface area contributed by atoms with Crippen molar-refractivity contribution < 1.29 is 31.5 Å². The van der Waals surface area contributed by atoms with E-state index in [4.69, 9.17) is 0 Å². The number of alkyl halides is 5. The van der Waals surface area contributed by atoms with Crippen LogP contribution in [-0.4, -0.2) is 19.1 Å². The fourth-order valence-corrected chi connectivity index (χ4v) is 1.26. The minimum absolute atomic E-state index is 0.0668. The van der Waals surface area contributed by atoms with Crippen LogP contribution in [0, 0.1) is 0 Å². The van der Waals surface area contributed by atoms with Crippen LogP contribution in [-0.2, 0) is 10.2 Å². The van der Waals surface area contributed by atoms with Gasteiger partial charge in [0, 0.05) is 0 Å². The van der Waals surface area contributed by atoms with Gasteiger partial charge in [-0.1, -0.05) is 12.1 Å². The highest BCUT2D eigenvalue weighted by molar-refractivity contribution is 5.68. The number of hydrogen-bond acceptors (Lipinski definition) is 2. The molecule has 100 valence electrons. The van der Waals surface area contributed by atoms with Crippen molar-refractivity contribution >= 4 is 6.29 Å². The molecule has 0 aliphatic carbocycles. The van der Waals surface area contributed by atoms with E-state index in [0.717, 1.165) is 31.2 Å². The van der Waals surface area contributed by atoms with Crippen LogP contribution in [0.25, 0.3) is 0 Å². The number of rotatable bonds is 4. The summed E-state index contributed by atoms with van der Waals surface area (Å²) in [7, 11) is 0. The molecule has 0 saturated carbocycles. The van der Waals surface area contributed by atoms with E-state index in [2.05, 4.69) is 4.74 Å². The maximum Gasteiger partial charge on any atom is 0.573 e. The molecule has 1 rings (SSSR count). The average molecular weight is 268 g/mol. The predicted octanol–water partition coefficient (Wildman–Crippen LogP) is 3.31. The molecule has 0 spiro atoms. The van der Waals surface area contributed by atoms with Gasteiger partial charge in [-0.05, 0) is 24.6 Å². The van der Waals surface area contributed by atoms with Gasteiger partial charge >= 0.3 is 6.36 Å². The molecule has 1 atom stereocenters. The van der Waals surface area contributed by atoms with Gasteiger partial charge in [0.2, 0.25) is 0 Å². The Hall–Kier alpha value is -1.66. The fraction of sp³-hybridized carbons (Fsp3) is 0.364. The minimum Gasteiger partial charge on any atom is -0.406 e. The maximum absolute atomic E-state index is 12.7. The van der Waals surface area contributed by atoms with Crippen molar-refractivity contribution in [1.82, 2.24) is 0 Å². The van der Waals surface area contributed by atoms with Crippen molar-refractivity contribution in [3.63, 3.8) is 0 Å². The van der Waals surface area contributed by atoms with E-state index < -0.39 is 24.0 Å². The number of carbonyl (C=O) groups is 1. The minimum atomic E-state index is -4.85. The lowest BCUT2D eigenvalue weighted by Crippen LogP contribution is -2.32. The van der Waals surface area contributed by atoms with Crippen molar-refractivity contribution in [2.75, 3.05) is 0 Å². The van der Waals surface area contributed by atoms with Gasteiger partial charge < -0.3 is 9.53 Å². The van der Waals surface area contributed by atoms with Crippen LogP contribution in [0.2, 0.25) is 0 Å². The lowest BCUT2D eigenvalue weighted by atomic mass is 9.84. The largest absolute Gasteiger partial charge is 0.573 e. The summed E-state index contributed by atoms with van der Waals surface area (Å²) in [6, 6.07) is 3.77. The Bertz CT molecular complexity index is 412. The van der Waals surface area contributed by atoms with E-state index >= 15 is 0 Å². The van der Waals surface area contributed by atoms with Gasteiger partial charge in [-0.2, -0.15) is 0 Å². The molecule has 0 saturated heterocycles. The number of carbonyl (C=O) groups excluding carboxylic acids is 1. The normalized spacial score (nSPS) is 15.3. The lowest BCUT2D eigenvalue weighted by molar-refractivity contribution is -0.274. The van der Waals surface area contributed by atoms with Crippen molar-refractivity contribution in [3.8, 4) is 5.75 Å². The van der Waals surface area contributed by atoms with E-state index in [9.17, 15) is 26.7 Å². The van der Waals surface area contributed by atoms with Gasteiger partial charge in [0.15, 0.2) is 0 Å². The van der Waals surface area contributed by atoms with Gasteiger partial charge in [-0.15, -0.1) is 13.2 Å². The molecule has 0 bridgehead atoms. The third-order valence-corrected chi connectivity index (χ3v) is 2.41. The Morgan fingerprint density at radius 3 is 2.00 bits per heavy atom. The number of aldehydes is 1. The number of ether oxygens (including phenoxy) is 1. The first-order valence-electron chi connectivity index (χ1n) is 4.80. The molecule has 1 unspecified atom stereocenters. The van der Waals surface area contributed by atoms with Crippen LogP contribution in [0.1, 0.15) is 12.5 Å². The molecule has 0 heterocycles. The van der Waals surface area contributed by atoms with E-state index in [1.807, 2.05) is 0 Å². The monoisotopic (exact) mass is 268 g/mol. The Morgan fingerprint density at radius 1 is 1.17 bits per heavy atom. The van der Waals surface area contributed by atoms with E-state index in [-0.39, 0.29) is 11.8 Å². The highest BCUT2D eigenvalue weighted by Crippen LogP contribution is 2.31. The van der Waals surface area contributed by atoms with Gasteiger partial charge in [-0.3, -0.25) is 0 Å². The first kappa shape index (κ1) is 14.4. The molecule has 18 heavy (non-hydrogen) atoms. The van der Waals surface area contributed by atoms with Gasteiger partial charge in [0.05, 0.1) is 0 Å². The van der Waals surface area contributed by atoms with Gasteiger partial charge in [0.1, 0.15) is 17.5 Å². The molecule has 0 radical (unpaired) electrons. The third kappa shape index (κ3) is 3.18. The number of benzene rings is 1. The second-order valence-electron chi connectivity index (χ2n) is 3.77. The molecule has 0 aromatic heterocycles. The summed E-state index contributed by atoms with van der Waals surface area (Å²) < 4.78 is 64.6. The summed E-state index contributed by atoms with van der Waals surface area (Å²) in [5, 5.41) is 0.